The first kappa shape index (κ1) is 22.9. The van der Waals surface area contributed by atoms with Crippen LogP contribution in [0.4, 0.5) is 4.39 Å². The van der Waals surface area contributed by atoms with E-state index in [0.29, 0.717) is 38.5 Å². The summed E-state index contributed by atoms with van der Waals surface area (Å²) in [5.41, 5.74) is 2.30. The lowest BCUT2D eigenvalue weighted by Gasteiger charge is -2.33. The normalized spacial score (nSPS) is 19.7. The first-order valence-electron chi connectivity index (χ1n) is 11.3. The van der Waals surface area contributed by atoms with Gasteiger partial charge < -0.3 is 14.4 Å². The first-order chi connectivity index (χ1) is 16.9. The lowest BCUT2D eigenvalue weighted by Crippen LogP contribution is -2.29. The van der Waals surface area contributed by atoms with Crippen LogP contribution < -0.4 is 0 Å². The molecule has 0 amide bonds. The minimum atomic E-state index is -1.16. The van der Waals surface area contributed by atoms with Crippen LogP contribution in [0.15, 0.2) is 34.9 Å². The van der Waals surface area contributed by atoms with Gasteiger partial charge >= 0.3 is 5.97 Å². The second-order valence-electron chi connectivity index (χ2n) is 9.01. The maximum Gasteiger partial charge on any atom is 0.335 e. The van der Waals surface area contributed by atoms with E-state index in [9.17, 15) is 9.18 Å². The molecule has 2 aromatic heterocycles. The Morgan fingerprint density at radius 2 is 1.94 bits per heavy atom. The van der Waals surface area contributed by atoms with Crippen LogP contribution >= 0.6 is 34.5 Å². The Kier molecular flexibility index (Phi) is 5.79. The second-order valence-corrected chi connectivity index (χ2v) is 10.9. The Hall–Kier alpha value is -2.52. The number of aromatic nitrogens is 2. The molecule has 2 aliphatic carbocycles. The van der Waals surface area contributed by atoms with Crippen molar-refractivity contribution in [3.63, 3.8) is 0 Å². The van der Waals surface area contributed by atoms with Crippen molar-refractivity contribution >= 4 is 50.7 Å². The van der Waals surface area contributed by atoms with Gasteiger partial charge in [-0.05, 0) is 49.9 Å². The fourth-order valence-electron chi connectivity index (χ4n) is 4.46. The summed E-state index contributed by atoms with van der Waals surface area (Å²) < 4.78 is 26.8. The maximum absolute atomic E-state index is 14.3. The summed E-state index contributed by atoms with van der Waals surface area (Å²) >= 11 is 14.2. The van der Waals surface area contributed by atoms with Gasteiger partial charge in [0, 0.05) is 23.0 Å². The largest absolute Gasteiger partial charge is 0.478 e. The van der Waals surface area contributed by atoms with Gasteiger partial charge in [0.1, 0.15) is 17.0 Å². The van der Waals surface area contributed by atoms with E-state index >= 15 is 0 Å². The SMILES string of the molecule is O=C(O)c1cc(F)c2nc(C3CC(OCc4c(-c5c(Cl)cccc5Cl)noc4C4CC4)C3)sc2c1. The van der Waals surface area contributed by atoms with Gasteiger partial charge in [0.05, 0.1) is 38.0 Å². The zero-order chi connectivity index (χ0) is 24.3. The Morgan fingerprint density at radius 3 is 2.63 bits per heavy atom. The van der Waals surface area contributed by atoms with Crippen LogP contribution in [0.2, 0.25) is 10.0 Å². The number of benzene rings is 2. The van der Waals surface area contributed by atoms with Crippen molar-refractivity contribution < 1.29 is 23.6 Å². The highest BCUT2D eigenvalue weighted by Crippen LogP contribution is 2.47. The van der Waals surface area contributed by atoms with Crippen molar-refractivity contribution in [2.45, 2.75) is 50.2 Å². The Balaban J connectivity index is 1.17. The summed E-state index contributed by atoms with van der Waals surface area (Å²) in [6, 6.07) is 7.82. The van der Waals surface area contributed by atoms with Crippen LogP contribution in [0.25, 0.3) is 21.5 Å². The van der Waals surface area contributed by atoms with Gasteiger partial charge in [-0.3, -0.25) is 0 Å². The van der Waals surface area contributed by atoms with Crippen molar-refractivity contribution in [3.05, 3.63) is 68.1 Å². The number of hydrogen-bond acceptors (Lipinski definition) is 6. The minimum Gasteiger partial charge on any atom is -0.478 e. The number of aromatic carboxylic acids is 1. The molecule has 0 aliphatic heterocycles. The van der Waals surface area contributed by atoms with Gasteiger partial charge in [0.15, 0.2) is 5.82 Å². The highest BCUT2D eigenvalue weighted by molar-refractivity contribution is 7.18. The van der Waals surface area contributed by atoms with Gasteiger partial charge in [-0.2, -0.15) is 0 Å². The van der Waals surface area contributed by atoms with Gasteiger partial charge in [-0.25, -0.2) is 14.2 Å². The van der Waals surface area contributed by atoms with Crippen molar-refractivity contribution in [2.75, 3.05) is 0 Å². The highest BCUT2D eigenvalue weighted by Gasteiger charge is 2.37. The number of fused-ring (bicyclic) bond motifs is 1. The molecule has 2 heterocycles. The zero-order valence-electron chi connectivity index (χ0n) is 18.3. The van der Waals surface area contributed by atoms with Crippen molar-refractivity contribution in [3.8, 4) is 11.3 Å². The van der Waals surface area contributed by atoms with Crippen LogP contribution in [0, 0.1) is 5.82 Å². The average molecular weight is 533 g/mol. The summed E-state index contributed by atoms with van der Waals surface area (Å²) in [7, 11) is 0. The van der Waals surface area contributed by atoms with Crippen LogP contribution in [0.3, 0.4) is 0 Å². The predicted molar refractivity (Wildman–Crippen MR) is 131 cm³/mol. The molecule has 4 aromatic rings. The van der Waals surface area contributed by atoms with Gasteiger partial charge in [-0.1, -0.05) is 34.4 Å². The molecule has 0 bridgehead atoms. The summed E-state index contributed by atoms with van der Waals surface area (Å²) in [6.45, 7) is 0.333. The Bertz CT molecular complexity index is 1440. The summed E-state index contributed by atoms with van der Waals surface area (Å²) in [5, 5.41) is 15.3. The number of carboxylic acid groups (broad SMARTS) is 1. The van der Waals surface area contributed by atoms with Gasteiger partial charge in [0.25, 0.3) is 0 Å². The Labute approximate surface area is 213 Å². The quantitative estimate of drug-likeness (QED) is 0.266. The van der Waals surface area contributed by atoms with Crippen LogP contribution in [-0.4, -0.2) is 27.3 Å². The topological polar surface area (TPSA) is 85.5 Å². The number of thiazole rings is 1. The highest BCUT2D eigenvalue weighted by atomic mass is 35.5. The van der Waals surface area contributed by atoms with Crippen molar-refractivity contribution in [1.29, 1.82) is 0 Å². The van der Waals surface area contributed by atoms with Gasteiger partial charge in [-0.15, -0.1) is 11.3 Å². The molecule has 6 rings (SSSR count). The standard InChI is InChI=1S/C25H19Cl2FN2O4S/c26-16-2-1-3-17(27)20(16)21-15(23(34-30-21)11-4-5-11)10-33-14-6-12(7-14)24-29-22-18(28)8-13(25(31)32)9-19(22)35-24/h1-3,8-9,11-12,14H,4-7,10H2,(H,31,32). The van der Waals surface area contributed by atoms with E-state index in [2.05, 4.69) is 10.1 Å². The molecule has 2 aromatic carbocycles. The van der Waals surface area contributed by atoms with Gasteiger partial charge in [0.2, 0.25) is 0 Å². The molecule has 2 saturated carbocycles. The van der Waals surface area contributed by atoms with E-state index in [1.807, 2.05) is 0 Å². The van der Waals surface area contributed by atoms with E-state index in [1.165, 1.54) is 17.4 Å². The molecular weight excluding hydrogens is 514 g/mol. The van der Waals surface area contributed by atoms with E-state index in [0.717, 1.165) is 48.1 Å². The average Bonchev–Trinajstić information content (AvgIpc) is 3.41. The second kappa shape index (κ2) is 8.85. The lowest BCUT2D eigenvalue weighted by molar-refractivity contribution is -0.0210. The molecule has 10 heteroatoms. The first-order valence-corrected chi connectivity index (χ1v) is 12.8. The van der Waals surface area contributed by atoms with Crippen molar-refractivity contribution in [2.24, 2.45) is 0 Å². The van der Waals surface area contributed by atoms with Crippen LogP contribution in [0.1, 0.15) is 64.2 Å². The summed E-state index contributed by atoms with van der Waals surface area (Å²) in [5.74, 6) is -0.441. The Morgan fingerprint density at radius 1 is 1.20 bits per heavy atom. The fourth-order valence-corrected chi connectivity index (χ4v) is 6.18. The summed E-state index contributed by atoms with van der Waals surface area (Å²) in [6.07, 6.45) is 3.63. The van der Waals surface area contributed by atoms with E-state index in [-0.39, 0.29) is 23.1 Å². The third-order valence-electron chi connectivity index (χ3n) is 6.59. The fraction of sp³-hybridized carbons (Fsp3) is 0.320. The number of carbonyl (C=O) groups is 1. The van der Waals surface area contributed by atoms with E-state index in [4.69, 9.17) is 37.6 Å². The number of ether oxygens (including phenoxy) is 1. The predicted octanol–water partition coefficient (Wildman–Crippen LogP) is 7.44. The van der Waals surface area contributed by atoms with Crippen molar-refractivity contribution in [1.82, 2.24) is 10.1 Å². The smallest absolute Gasteiger partial charge is 0.335 e. The number of halogens is 3. The monoisotopic (exact) mass is 532 g/mol. The van der Waals surface area contributed by atoms with Crippen LogP contribution in [0.5, 0.6) is 0 Å². The molecule has 0 radical (unpaired) electrons. The molecule has 180 valence electrons. The van der Waals surface area contributed by atoms with E-state index < -0.39 is 11.8 Å². The number of hydrogen-bond donors (Lipinski definition) is 1. The molecule has 2 fully saturated rings. The zero-order valence-corrected chi connectivity index (χ0v) is 20.6. The molecule has 0 unspecified atom stereocenters. The number of nitrogens with zero attached hydrogens (tertiary/aromatic N) is 2. The maximum atomic E-state index is 14.3. The third-order valence-corrected chi connectivity index (χ3v) is 8.38. The molecular formula is C25H19Cl2FN2O4S. The molecule has 1 N–H and O–H groups in total. The minimum absolute atomic E-state index is 0.0166. The molecule has 0 spiro atoms. The number of carboxylic acids is 1. The molecule has 2 aliphatic rings. The molecule has 6 nitrogen and oxygen atoms in total. The van der Waals surface area contributed by atoms with E-state index in [1.54, 1.807) is 18.2 Å². The third kappa shape index (κ3) is 4.22. The summed E-state index contributed by atoms with van der Waals surface area (Å²) in [4.78, 5) is 15.7. The molecule has 0 atom stereocenters. The number of rotatable bonds is 7. The molecule has 35 heavy (non-hydrogen) atoms. The van der Waals surface area contributed by atoms with Crippen LogP contribution in [-0.2, 0) is 11.3 Å². The molecule has 0 saturated heterocycles. The lowest BCUT2D eigenvalue weighted by atomic mass is 9.83.